The van der Waals surface area contributed by atoms with Gasteiger partial charge in [-0.3, -0.25) is 4.79 Å². The molecule has 0 saturated heterocycles. The number of carbonyl (C=O) groups excluding carboxylic acids is 1. The molecule has 2 N–H and O–H groups in total. The monoisotopic (exact) mass is 223 g/mol. The molecular weight excluding hydrogens is 210 g/mol. The summed E-state index contributed by atoms with van der Waals surface area (Å²) < 4.78 is 4.65. The van der Waals surface area contributed by atoms with Gasteiger partial charge in [-0.2, -0.15) is 0 Å². The molecule has 1 rings (SSSR count). The summed E-state index contributed by atoms with van der Waals surface area (Å²) in [6.45, 7) is 1.18. The SMILES string of the molecule is Cc1cccc(NC(=O)COCC(=O)O)c1. The van der Waals surface area contributed by atoms with Crippen molar-refractivity contribution in [2.75, 3.05) is 18.5 Å². The van der Waals surface area contributed by atoms with E-state index in [0.717, 1.165) is 5.56 Å². The second-order valence-electron chi connectivity index (χ2n) is 3.30. The van der Waals surface area contributed by atoms with Crippen LogP contribution in [0.5, 0.6) is 0 Å². The number of carbonyl (C=O) groups is 2. The first kappa shape index (κ1) is 12.2. The summed E-state index contributed by atoms with van der Waals surface area (Å²) in [5.74, 6) is -1.46. The second-order valence-corrected chi connectivity index (χ2v) is 3.30. The molecule has 0 aromatic heterocycles. The molecule has 0 aliphatic carbocycles. The van der Waals surface area contributed by atoms with Gasteiger partial charge in [0.25, 0.3) is 0 Å². The van der Waals surface area contributed by atoms with Crippen LogP contribution in [0.25, 0.3) is 0 Å². The molecule has 0 radical (unpaired) electrons. The average Bonchev–Trinajstić information content (AvgIpc) is 2.16. The lowest BCUT2D eigenvalue weighted by atomic mass is 10.2. The fourth-order valence-electron chi connectivity index (χ4n) is 1.15. The van der Waals surface area contributed by atoms with Crippen molar-refractivity contribution >= 4 is 17.6 Å². The van der Waals surface area contributed by atoms with Crippen molar-refractivity contribution in [2.24, 2.45) is 0 Å². The predicted molar refractivity (Wildman–Crippen MR) is 58.3 cm³/mol. The van der Waals surface area contributed by atoms with Crippen molar-refractivity contribution in [3.63, 3.8) is 0 Å². The Bertz CT molecular complexity index is 389. The minimum absolute atomic E-state index is 0.264. The van der Waals surface area contributed by atoms with E-state index in [1.54, 1.807) is 6.07 Å². The number of carboxylic acids is 1. The van der Waals surface area contributed by atoms with E-state index < -0.39 is 12.6 Å². The highest BCUT2D eigenvalue weighted by molar-refractivity contribution is 5.91. The van der Waals surface area contributed by atoms with E-state index >= 15 is 0 Å². The summed E-state index contributed by atoms with van der Waals surface area (Å²) in [6.07, 6.45) is 0. The quantitative estimate of drug-likeness (QED) is 0.781. The first-order valence-corrected chi connectivity index (χ1v) is 4.74. The number of nitrogens with one attached hydrogen (secondary N) is 1. The smallest absolute Gasteiger partial charge is 0.329 e. The maximum Gasteiger partial charge on any atom is 0.329 e. The fourth-order valence-corrected chi connectivity index (χ4v) is 1.15. The predicted octanol–water partition coefficient (Wildman–Crippen LogP) is 1.03. The maximum absolute atomic E-state index is 11.3. The van der Waals surface area contributed by atoms with Gasteiger partial charge in [0.1, 0.15) is 13.2 Å². The molecule has 5 heteroatoms. The lowest BCUT2D eigenvalue weighted by Crippen LogP contribution is -2.20. The zero-order valence-corrected chi connectivity index (χ0v) is 8.90. The number of hydrogen-bond acceptors (Lipinski definition) is 3. The zero-order chi connectivity index (χ0) is 12.0. The Labute approximate surface area is 93.0 Å². The van der Waals surface area contributed by atoms with E-state index in [0.29, 0.717) is 5.69 Å². The number of benzene rings is 1. The molecule has 1 aromatic carbocycles. The van der Waals surface area contributed by atoms with Crippen LogP contribution in [0, 0.1) is 6.92 Å². The van der Waals surface area contributed by atoms with Gasteiger partial charge in [-0.05, 0) is 24.6 Å². The van der Waals surface area contributed by atoms with Crippen LogP contribution in [0.3, 0.4) is 0 Å². The van der Waals surface area contributed by atoms with Crippen LogP contribution in [0.1, 0.15) is 5.56 Å². The van der Waals surface area contributed by atoms with Crippen LogP contribution in [-0.2, 0) is 14.3 Å². The third-order valence-corrected chi connectivity index (χ3v) is 1.76. The van der Waals surface area contributed by atoms with Crippen LogP contribution in [0.4, 0.5) is 5.69 Å². The van der Waals surface area contributed by atoms with E-state index in [1.165, 1.54) is 0 Å². The Morgan fingerprint density at radius 3 is 2.75 bits per heavy atom. The molecule has 0 aliphatic heterocycles. The highest BCUT2D eigenvalue weighted by Crippen LogP contribution is 2.08. The van der Waals surface area contributed by atoms with Gasteiger partial charge in [0, 0.05) is 5.69 Å². The van der Waals surface area contributed by atoms with Crippen molar-refractivity contribution in [2.45, 2.75) is 6.92 Å². The van der Waals surface area contributed by atoms with E-state index in [4.69, 9.17) is 5.11 Å². The summed E-state index contributed by atoms with van der Waals surface area (Å²) in [7, 11) is 0. The number of aryl methyl sites for hydroxylation is 1. The highest BCUT2D eigenvalue weighted by Gasteiger charge is 2.04. The molecule has 0 aliphatic rings. The first-order chi connectivity index (χ1) is 7.58. The first-order valence-electron chi connectivity index (χ1n) is 4.74. The molecule has 0 heterocycles. The molecule has 0 atom stereocenters. The largest absolute Gasteiger partial charge is 0.480 e. The van der Waals surface area contributed by atoms with Crippen LogP contribution >= 0.6 is 0 Å². The number of rotatable bonds is 5. The number of hydrogen-bond donors (Lipinski definition) is 2. The van der Waals surface area contributed by atoms with Crippen molar-refractivity contribution < 1.29 is 19.4 Å². The summed E-state index contributed by atoms with van der Waals surface area (Å²) in [5.41, 5.74) is 1.70. The van der Waals surface area contributed by atoms with E-state index in [1.807, 2.05) is 25.1 Å². The molecule has 16 heavy (non-hydrogen) atoms. The third kappa shape index (κ3) is 4.56. The molecule has 1 aromatic rings. The highest BCUT2D eigenvalue weighted by atomic mass is 16.5. The molecule has 0 unspecified atom stereocenters. The topological polar surface area (TPSA) is 75.6 Å². The summed E-state index contributed by atoms with van der Waals surface area (Å²) in [6, 6.07) is 7.30. The number of amides is 1. The Hall–Kier alpha value is -1.88. The molecule has 86 valence electrons. The van der Waals surface area contributed by atoms with Gasteiger partial charge >= 0.3 is 5.97 Å². The number of ether oxygens (including phenoxy) is 1. The van der Waals surface area contributed by atoms with E-state index in [-0.39, 0.29) is 12.5 Å². The Kier molecular flexibility index (Phi) is 4.47. The number of anilines is 1. The number of aliphatic carboxylic acids is 1. The molecule has 5 nitrogen and oxygen atoms in total. The van der Waals surface area contributed by atoms with Gasteiger partial charge in [-0.25, -0.2) is 4.79 Å². The van der Waals surface area contributed by atoms with Gasteiger partial charge < -0.3 is 15.2 Å². The van der Waals surface area contributed by atoms with Gasteiger partial charge in [0.05, 0.1) is 0 Å². The molecule has 0 saturated carbocycles. The van der Waals surface area contributed by atoms with Gasteiger partial charge in [-0.15, -0.1) is 0 Å². The summed E-state index contributed by atoms with van der Waals surface area (Å²) >= 11 is 0. The third-order valence-electron chi connectivity index (χ3n) is 1.76. The van der Waals surface area contributed by atoms with Crippen LogP contribution in [0.15, 0.2) is 24.3 Å². The van der Waals surface area contributed by atoms with Crippen LogP contribution in [-0.4, -0.2) is 30.2 Å². The van der Waals surface area contributed by atoms with Gasteiger partial charge in [0.15, 0.2) is 0 Å². The summed E-state index contributed by atoms with van der Waals surface area (Å²) in [4.78, 5) is 21.4. The normalized spacial score (nSPS) is 9.81. The fraction of sp³-hybridized carbons (Fsp3) is 0.273. The standard InChI is InChI=1S/C11H13NO4/c1-8-3-2-4-9(5-8)12-10(13)6-16-7-11(14)15/h2-5H,6-7H2,1H3,(H,12,13)(H,14,15). The minimum atomic E-state index is -1.09. The second kappa shape index (κ2) is 5.87. The van der Waals surface area contributed by atoms with Crippen molar-refractivity contribution in [1.29, 1.82) is 0 Å². The van der Waals surface area contributed by atoms with Crippen molar-refractivity contribution in [1.82, 2.24) is 0 Å². The van der Waals surface area contributed by atoms with Crippen molar-refractivity contribution in [3.05, 3.63) is 29.8 Å². The lowest BCUT2D eigenvalue weighted by molar-refractivity contribution is -0.143. The zero-order valence-electron chi connectivity index (χ0n) is 8.90. The van der Waals surface area contributed by atoms with Gasteiger partial charge in [-0.1, -0.05) is 12.1 Å². The minimum Gasteiger partial charge on any atom is -0.480 e. The Morgan fingerprint density at radius 1 is 1.38 bits per heavy atom. The van der Waals surface area contributed by atoms with E-state index in [2.05, 4.69) is 10.1 Å². The average molecular weight is 223 g/mol. The van der Waals surface area contributed by atoms with Crippen LogP contribution in [0.2, 0.25) is 0 Å². The molecule has 0 spiro atoms. The van der Waals surface area contributed by atoms with Crippen LogP contribution < -0.4 is 5.32 Å². The maximum atomic E-state index is 11.3. The number of carboxylic acid groups (broad SMARTS) is 1. The molecule has 0 bridgehead atoms. The summed E-state index contributed by atoms with van der Waals surface area (Å²) in [5, 5.41) is 10.9. The van der Waals surface area contributed by atoms with E-state index in [9.17, 15) is 9.59 Å². The Balaban J connectivity index is 2.37. The Morgan fingerprint density at radius 2 is 2.12 bits per heavy atom. The molecule has 1 amide bonds. The van der Waals surface area contributed by atoms with Gasteiger partial charge in [0.2, 0.25) is 5.91 Å². The lowest BCUT2D eigenvalue weighted by Gasteiger charge is -2.05. The van der Waals surface area contributed by atoms with Crippen molar-refractivity contribution in [3.8, 4) is 0 Å². The molecule has 0 fully saturated rings. The molecular formula is C11H13NO4.